The smallest absolute Gasteiger partial charge is 0.175 e. The summed E-state index contributed by atoms with van der Waals surface area (Å²) in [7, 11) is -3.30. The molecule has 0 saturated heterocycles. The molecule has 0 aliphatic rings. The van der Waals surface area contributed by atoms with Crippen molar-refractivity contribution in [2.75, 3.05) is 6.26 Å². The fourth-order valence-electron chi connectivity index (χ4n) is 2.00. The Bertz CT molecular complexity index is 843. The Labute approximate surface area is 132 Å². The summed E-state index contributed by atoms with van der Waals surface area (Å²) >= 11 is 0. The maximum Gasteiger partial charge on any atom is 0.175 e. The van der Waals surface area contributed by atoms with Crippen LogP contribution in [0.5, 0.6) is 5.75 Å². The van der Waals surface area contributed by atoms with Crippen LogP contribution < -0.4 is 4.74 Å². The van der Waals surface area contributed by atoms with E-state index >= 15 is 0 Å². The van der Waals surface area contributed by atoms with Crippen molar-refractivity contribution < 1.29 is 26.7 Å². The topological polar surface area (TPSA) is 60.4 Å². The number of Topliss-reactive ketones (excluding diaryl/α,β-unsaturated/α-hetero) is 1. The van der Waals surface area contributed by atoms with Crippen LogP contribution in [0.2, 0.25) is 0 Å². The first-order valence-corrected chi connectivity index (χ1v) is 8.49. The Hall–Kier alpha value is -2.28. The fourth-order valence-corrected chi connectivity index (χ4v) is 2.63. The standard InChI is InChI=1S/C16H14F2O4S/c1-10(19)16-14(18)7-12(17)8-15(16)22-9-11-3-5-13(6-4-11)23(2,20)21/h3-8H,9H2,1-2H3. The van der Waals surface area contributed by atoms with Crippen LogP contribution >= 0.6 is 0 Å². The molecule has 4 nitrogen and oxygen atoms in total. The molecule has 0 atom stereocenters. The molecule has 2 aromatic carbocycles. The first-order chi connectivity index (χ1) is 10.7. The van der Waals surface area contributed by atoms with Crippen molar-refractivity contribution in [2.45, 2.75) is 18.4 Å². The van der Waals surface area contributed by atoms with Gasteiger partial charge in [-0.3, -0.25) is 4.79 Å². The summed E-state index contributed by atoms with van der Waals surface area (Å²) in [4.78, 5) is 11.6. The van der Waals surface area contributed by atoms with Crippen molar-refractivity contribution in [1.29, 1.82) is 0 Å². The highest BCUT2D eigenvalue weighted by Crippen LogP contribution is 2.25. The summed E-state index contributed by atoms with van der Waals surface area (Å²) in [5, 5.41) is 0. The van der Waals surface area contributed by atoms with Crippen molar-refractivity contribution in [3.63, 3.8) is 0 Å². The number of ketones is 1. The van der Waals surface area contributed by atoms with E-state index in [1.54, 1.807) is 0 Å². The first kappa shape index (κ1) is 17.1. The predicted molar refractivity (Wildman–Crippen MR) is 80.2 cm³/mol. The highest BCUT2D eigenvalue weighted by Gasteiger charge is 2.17. The molecule has 2 aromatic rings. The molecule has 0 amide bonds. The quantitative estimate of drug-likeness (QED) is 0.785. The number of ether oxygens (including phenoxy) is 1. The molecule has 0 bridgehead atoms. The van der Waals surface area contributed by atoms with Crippen LogP contribution in [0.4, 0.5) is 8.78 Å². The van der Waals surface area contributed by atoms with E-state index < -0.39 is 27.3 Å². The summed E-state index contributed by atoms with van der Waals surface area (Å²) < 4.78 is 55.0. The van der Waals surface area contributed by atoms with E-state index in [2.05, 4.69) is 0 Å². The lowest BCUT2D eigenvalue weighted by Gasteiger charge is -2.11. The number of carbonyl (C=O) groups excluding carboxylic acids is 1. The zero-order chi connectivity index (χ0) is 17.2. The molecule has 0 N–H and O–H groups in total. The summed E-state index contributed by atoms with van der Waals surface area (Å²) in [6.45, 7) is 1.09. The van der Waals surface area contributed by atoms with E-state index in [1.165, 1.54) is 24.3 Å². The molecule has 0 fully saturated rings. The van der Waals surface area contributed by atoms with E-state index in [9.17, 15) is 22.0 Å². The van der Waals surface area contributed by atoms with Gasteiger partial charge in [-0.05, 0) is 24.6 Å². The molecule has 0 aliphatic heterocycles. The lowest BCUT2D eigenvalue weighted by Crippen LogP contribution is -2.05. The molecule has 122 valence electrons. The average molecular weight is 340 g/mol. The number of hydrogen-bond donors (Lipinski definition) is 0. The van der Waals surface area contributed by atoms with Crippen molar-refractivity contribution in [2.24, 2.45) is 0 Å². The van der Waals surface area contributed by atoms with Crippen LogP contribution in [0.25, 0.3) is 0 Å². The SMILES string of the molecule is CC(=O)c1c(F)cc(F)cc1OCc1ccc(S(C)(=O)=O)cc1. The molecular formula is C16H14F2O4S. The van der Waals surface area contributed by atoms with Crippen molar-refractivity contribution in [3.05, 3.63) is 59.2 Å². The Morgan fingerprint density at radius 1 is 1.13 bits per heavy atom. The third-order valence-electron chi connectivity index (χ3n) is 3.12. The molecular weight excluding hydrogens is 326 g/mol. The van der Waals surface area contributed by atoms with E-state index in [-0.39, 0.29) is 22.8 Å². The maximum absolute atomic E-state index is 13.7. The second-order valence-electron chi connectivity index (χ2n) is 5.02. The van der Waals surface area contributed by atoms with Gasteiger partial charge in [0, 0.05) is 18.4 Å². The van der Waals surface area contributed by atoms with Gasteiger partial charge in [-0.1, -0.05) is 12.1 Å². The molecule has 0 unspecified atom stereocenters. The number of rotatable bonds is 5. The molecule has 23 heavy (non-hydrogen) atoms. The Kier molecular flexibility index (Phi) is 4.79. The van der Waals surface area contributed by atoms with Gasteiger partial charge in [-0.2, -0.15) is 0 Å². The van der Waals surface area contributed by atoms with Crippen molar-refractivity contribution in [1.82, 2.24) is 0 Å². The van der Waals surface area contributed by atoms with Crippen LogP contribution in [-0.2, 0) is 16.4 Å². The van der Waals surface area contributed by atoms with E-state index in [0.29, 0.717) is 11.6 Å². The monoisotopic (exact) mass is 340 g/mol. The van der Waals surface area contributed by atoms with E-state index in [1.807, 2.05) is 0 Å². The minimum absolute atomic E-state index is 0.0623. The molecule has 0 spiro atoms. The van der Waals surface area contributed by atoms with Gasteiger partial charge in [0.25, 0.3) is 0 Å². The predicted octanol–water partition coefficient (Wildman–Crippen LogP) is 3.15. The van der Waals surface area contributed by atoms with Gasteiger partial charge in [0.2, 0.25) is 0 Å². The number of benzene rings is 2. The summed E-state index contributed by atoms with van der Waals surface area (Å²) in [5.74, 6) is -2.61. The molecule has 0 aromatic heterocycles. The Morgan fingerprint density at radius 2 is 1.74 bits per heavy atom. The molecule has 7 heteroatoms. The molecule has 0 heterocycles. The van der Waals surface area contributed by atoms with Crippen LogP contribution in [0.3, 0.4) is 0 Å². The number of sulfone groups is 1. The summed E-state index contributed by atoms with van der Waals surface area (Å²) in [6.07, 6.45) is 1.09. The normalized spacial score (nSPS) is 11.3. The van der Waals surface area contributed by atoms with Crippen LogP contribution in [0.15, 0.2) is 41.3 Å². The second kappa shape index (κ2) is 6.45. The molecule has 2 rings (SSSR count). The molecule has 0 saturated carbocycles. The van der Waals surface area contributed by atoms with E-state index in [0.717, 1.165) is 19.2 Å². The zero-order valence-corrected chi connectivity index (χ0v) is 13.3. The van der Waals surface area contributed by atoms with Crippen molar-refractivity contribution in [3.8, 4) is 5.75 Å². The Balaban J connectivity index is 2.23. The third-order valence-corrected chi connectivity index (χ3v) is 4.25. The minimum Gasteiger partial charge on any atom is -0.488 e. The van der Waals surface area contributed by atoms with Gasteiger partial charge < -0.3 is 4.74 Å². The maximum atomic E-state index is 13.7. The van der Waals surface area contributed by atoms with Crippen LogP contribution in [-0.4, -0.2) is 20.5 Å². The zero-order valence-electron chi connectivity index (χ0n) is 12.5. The first-order valence-electron chi connectivity index (χ1n) is 6.60. The highest BCUT2D eigenvalue weighted by atomic mass is 32.2. The van der Waals surface area contributed by atoms with E-state index in [4.69, 9.17) is 4.74 Å². The van der Waals surface area contributed by atoms with Crippen molar-refractivity contribution >= 4 is 15.6 Å². The summed E-state index contributed by atoms with van der Waals surface area (Å²) in [6, 6.07) is 7.42. The van der Waals surface area contributed by atoms with Gasteiger partial charge in [0.05, 0.1) is 10.5 Å². The Morgan fingerprint density at radius 3 is 2.26 bits per heavy atom. The van der Waals surface area contributed by atoms with Gasteiger partial charge in [0.15, 0.2) is 15.6 Å². The van der Waals surface area contributed by atoms with Gasteiger partial charge in [-0.25, -0.2) is 17.2 Å². The number of carbonyl (C=O) groups is 1. The highest BCUT2D eigenvalue weighted by molar-refractivity contribution is 7.90. The number of hydrogen-bond acceptors (Lipinski definition) is 4. The minimum atomic E-state index is -3.30. The lowest BCUT2D eigenvalue weighted by atomic mass is 10.1. The van der Waals surface area contributed by atoms with Gasteiger partial charge in [0.1, 0.15) is 24.0 Å². The van der Waals surface area contributed by atoms with Crippen LogP contribution in [0.1, 0.15) is 22.8 Å². The summed E-state index contributed by atoms with van der Waals surface area (Å²) in [5.41, 5.74) is 0.274. The average Bonchev–Trinajstić information content (AvgIpc) is 2.43. The third kappa shape index (κ3) is 4.13. The molecule has 0 radical (unpaired) electrons. The lowest BCUT2D eigenvalue weighted by molar-refractivity contribution is 0.100. The largest absolute Gasteiger partial charge is 0.488 e. The second-order valence-corrected chi connectivity index (χ2v) is 7.04. The fraction of sp³-hybridized carbons (Fsp3) is 0.188. The van der Waals surface area contributed by atoms with Gasteiger partial charge >= 0.3 is 0 Å². The molecule has 0 aliphatic carbocycles. The van der Waals surface area contributed by atoms with Gasteiger partial charge in [-0.15, -0.1) is 0 Å². The number of halogens is 2. The van der Waals surface area contributed by atoms with Crippen LogP contribution in [0, 0.1) is 11.6 Å².